The summed E-state index contributed by atoms with van der Waals surface area (Å²) in [5.74, 6) is -0.0886. The summed E-state index contributed by atoms with van der Waals surface area (Å²) in [5.41, 5.74) is 2.28. The first kappa shape index (κ1) is 15.7. The molecular formula is C17H19N3O2S. The first-order valence-corrected chi connectivity index (χ1v) is 8.36. The van der Waals surface area contributed by atoms with E-state index in [0.717, 1.165) is 16.1 Å². The first-order chi connectivity index (χ1) is 10.9. The van der Waals surface area contributed by atoms with E-state index in [1.807, 2.05) is 29.6 Å². The van der Waals surface area contributed by atoms with Crippen LogP contribution in [0.5, 0.6) is 0 Å². The number of hydrogen-bond acceptors (Lipinski definition) is 5. The van der Waals surface area contributed by atoms with Crippen LogP contribution in [0.15, 0.2) is 34.2 Å². The van der Waals surface area contributed by atoms with E-state index in [4.69, 9.17) is 4.52 Å². The van der Waals surface area contributed by atoms with Crippen molar-refractivity contribution in [2.75, 3.05) is 0 Å². The Hall–Kier alpha value is -2.21. The Balaban J connectivity index is 1.61. The molecule has 0 aliphatic rings. The molecule has 3 rings (SSSR count). The van der Waals surface area contributed by atoms with Crippen LogP contribution in [-0.4, -0.2) is 16.0 Å². The fourth-order valence-corrected chi connectivity index (χ4v) is 3.11. The van der Waals surface area contributed by atoms with Crippen molar-refractivity contribution in [3.63, 3.8) is 0 Å². The number of thiazole rings is 1. The molecule has 6 heteroatoms. The minimum absolute atomic E-state index is 0.0343. The second kappa shape index (κ2) is 6.12. The topological polar surface area (TPSA) is 68.0 Å². The van der Waals surface area contributed by atoms with Gasteiger partial charge in [0.15, 0.2) is 5.58 Å². The lowest BCUT2D eigenvalue weighted by Gasteiger charge is -2.13. The number of nitrogens with one attached hydrogen (secondary N) is 1. The predicted octanol–water partition coefficient (Wildman–Crippen LogP) is 3.44. The minimum Gasteiger partial charge on any atom is -0.356 e. The third kappa shape index (κ3) is 3.59. The molecule has 0 spiro atoms. The summed E-state index contributed by atoms with van der Waals surface area (Å²) < 4.78 is 5.21. The monoisotopic (exact) mass is 329 g/mol. The zero-order chi connectivity index (χ0) is 16.4. The van der Waals surface area contributed by atoms with Crippen LogP contribution >= 0.6 is 11.3 Å². The van der Waals surface area contributed by atoms with Gasteiger partial charge in [-0.3, -0.25) is 4.79 Å². The number of nitrogens with zero attached hydrogens (tertiary/aromatic N) is 2. The highest BCUT2D eigenvalue weighted by molar-refractivity contribution is 7.09. The molecule has 5 nitrogen and oxygen atoms in total. The Bertz CT molecular complexity index is 830. The van der Waals surface area contributed by atoms with Crippen molar-refractivity contribution in [1.29, 1.82) is 0 Å². The smallest absolute Gasteiger partial charge is 0.226 e. The lowest BCUT2D eigenvalue weighted by atomic mass is 9.98. The number of benzene rings is 1. The highest BCUT2D eigenvalue weighted by atomic mass is 32.1. The maximum absolute atomic E-state index is 12.1. The van der Waals surface area contributed by atoms with Crippen molar-refractivity contribution in [3.8, 4) is 0 Å². The van der Waals surface area contributed by atoms with Crippen molar-refractivity contribution < 1.29 is 9.32 Å². The lowest BCUT2D eigenvalue weighted by molar-refractivity contribution is -0.120. The van der Waals surface area contributed by atoms with Gasteiger partial charge in [-0.15, -0.1) is 11.3 Å². The average molecular weight is 329 g/mol. The van der Waals surface area contributed by atoms with E-state index in [1.165, 1.54) is 0 Å². The number of amides is 1. The molecule has 1 N–H and O–H groups in total. The molecule has 120 valence electrons. The second-order valence-corrected chi connectivity index (χ2v) is 7.33. The van der Waals surface area contributed by atoms with Gasteiger partial charge in [0.05, 0.1) is 23.7 Å². The zero-order valence-electron chi connectivity index (χ0n) is 13.4. The standard InChI is InChI=1S/C17H19N3O2S/c1-17(2,3)16-19-11(10-23-16)9-18-15(21)8-13-12-6-4-5-7-14(12)22-20-13/h4-7,10H,8-9H2,1-3H3,(H,18,21). The van der Waals surface area contributed by atoms with E-state index in [9.17, 15) is 4.79 Å². The molecule has 0 fully saturated rings. The molecule has 0 unspecified atom stereocenters. The van der Waals surface area contributed by atoms with Gasteiger partial charge in [0, 0.05) is 16.2 Å². The van der Waals surface area contributed by atoms with Gasteiger partial charge in [-0.1, -0.05) is 38.1 Å². The summed E-state index contributed by atoms with van der Waals surface area (Å²) in [6, 6.07) is 7.54. The molecule has 0 aliphatic carbocycles. The molecule has 2 aromatic heterocycles. The summed E-state index contributed by atoms with van der Waals surface area (Å²) in [4.78, 5) is 16.7. The molecule has 0 aliphatic heterocycles. The second-order valence-electron chi connectivity index (χ2n) is 6.47. The number of para-hydroxylation sites is 1. The normalized spacial score (nSPS) is 11.8. The summed E-state index contributed by atoms with van der Waals surface area (Å²) in [6.07, 6.45) is 0.202. The van der Waals surface area contributed by atoms with Crippen LogP contribution in [0.2, 0.25) is 0 Å². The van der Waals surface area contributed by atoms with E-state index in [-0.39, 0.29) is 17.7 Å². The maximum Gasteiger partial charge on any atom is 0.226 e. The van der Waals surface area contributed by atoms with Crippen molar-refractivity contribution in [2.24, 2.45) is 0 Å². The molecule has 0 saturated heterocycles. The Kier molecular flexibility index (Phi) is 4.17. The van der Waals surface area contributed by atoms with E-state index in [2.05, 4.69) is 36.2 Å². The number of rotatable bonds is 4. The molecule has 1 amide bonds. The SMILES string of the molecule is CC(C)(C)c1nc(CNC(=O)Cc2noc3ccccc23)cs1. The van der Waals surface area contributed by atoms with Gasteiger partial charge in [0.2, 0.25) is 5.91 Å². The Morgan fingerprint density at radius 3 is 2.83 bits per heavy atom. The van der Waals surface area contributed by atoms with E-state index in [1.54, 1.807) is 11.3 Å². The van der Waals surface area contributed by atoms with Crippen LogP contribution < -0.4 is 5.32 Å². The fourth-order valence-electron chi connectivity index (χ4n) is 2.20. The molecule has 3 aromatic rings. The van der Waals surface area contributed by atoms with Crippen LogP contribution in [0.25, 0.3) is 11.0 Å². The summed E-state index contributed by atoms with van der Waals surface area (Å²) in [5, 5.41) is 10.8. The number of carbonyl (C=O) groups excluding carboxylic acids is 1. The predicted molar refractivity (Wildman–Crippen MR) is 90.4 cm³/mol. The molecule has 0 radical (unpaired) electrons. The number of hydrogen-bond donors (Lipinski definition) is 1. The Morgan fingerprint density at radius 2 is 2.09 bits per heavy atom. The third-order valence-electron chi connectivity index (χ3n) is 3.44. The quantitative estimate of drug-likeness (QED) is 0.796. The molecule has 0 bridgehead atoms. The van der Waals surface area contributed by atoms with Gasteiger partial charge in [0.1, 0.15) is 5.69 Å². The maximum atomic E-state index is 12.1. The van der Waals surface area contributed by atoms with Crippen LogP contribution in [0.3, 0.4) is 0 Å². The van der Waals surface area contributed by atoms with Crippen molar-refractivity contribution in [1.82, 2.24) is 15.5 Å². The van der Waals surface area contributed by atoms with Gasteiger partial charge in [0.25, 0.3) is 0 Å². The summed E-state index contributed by atoms with van der Waals surface area (Å²) in [7, 11) is 0. The zero-order valence-corrected chi connectivity index (χ0v) is 14.2. The number of fused-ring (bicyclic) bond motifs is 1. The average Bonchev–Trinajstić information content (AvgIpc) is 3.12. The van der Waals surface area contributed by atoms with Crippen molar-refractivity contribution in [3.05, 3.63) is 46.0 Å². The van der Waals surface area contributed by atoms with Gasteiger partial charge in [-0.05, 0) is 12.1 Å². The van der Waals surface area contributed by atoms with Gasteiger partial charge >= 0.3 is 0 Å². The summed E-state index contributed by atoms with van der Waals surface area (Å²) >= 11 is 1.63. The molecule has 2 heterocycles. The van der Waals surface area contributed by atoms with Crippen LogP contribution in [-0.2, 0) is 23.2 Å². The fraction of sp³-hybridized carbons (Fsp3) is 0.353. The summed E-state index contributed by atoms with van der Waals surface area (Å²) in [6.45, 7) is 6.82. The molecule has 1 aromatic carbocycles. The number of carbonyl (C=O) groups is 1. The highest BCUT2D eigenvalue weighted by Gasteiger charge is 2.18. The number of aromatic nitrogens is 2. The largest absolute Gasteiger partial charge is 0.356 e. The molecule has 0 atom stereocenters. The highest BCUT2D eigenvalue weighted by Crippen LogP contribution is 2.25. The van der Waals surface area contributed by atoms with Gasteiger partial charge < -0.3 is 9.84 Å². The Morgan fingerprint density at radius 1 is 1.30 bits per heavy atom. The van der Waals surface area contributed by atoms with E-state index in [0.29, 0.717) is 17.8 Å². The third-order valence-corrected chi connectivity index (χ3v) is 4.76. The van der Waals surface area contributed by atoms with Crippen LogP contribution in [0, 0.1) is 0 Å². The van der Waals surface area contributed by atoms with Gasteiger partial charge in [-0.25, -0.2) is 4.98 Å². The van der Waals surface area contributed by atoms with Crippen LogP contribution in [0.1, 0.15) is 37.2 Å². The van der Waals surface area contributed by atoms with Crippen molar-refractivity contribution in [2.45, 2.75) is 39.2 Å². The van der Waals surface area contributed by atoms with E-state index < -0.39 is 0 Å². The minimum atomic E-state index is -0.0886. The molecule has 23 heavy (non-hydrogen) atoms. The lowest BCUT2D eigenvalue weighted by Crippen LogP contribution is -2.25. The van der Waals surface area contributed by atoms with Crippen molar-refractivity contribution >= 4 is 28.2 Å². The first-order valence-electron chi connectivity index (χ1n) is 7.48. The molecular weight excluding hydrogens is 310 g/mol. The van der Waals surface area contributed by atoms with Crippen LogP contribution in [0.4, 0.5) is 0 Å². The molecule has 0 saturated carbocycles. The van der Waals surface area contributed by atoms with Gasteiger partial charge in [-0.2, -0.15) is 0 Å². The van der Waals surface area contributed by atoms with E-state index >= 15 is 0 Å². The Labute approximate surface area is 138 Å².